The molecule has 8 heteroatoms. The van der Waals surface area contributed by atoms with Gasteiger partial charge in [0.1, 0.15) is 5.82 Å². The Kier molecular flexibility index (Phi) is 3.81. The molecule has 2 aromatic rings. The smallest absolute Gasteiger partial charge is 0.271 e. The van der Waals surface area contributed by atoms with Crippen LogP contribution >= 0.6 is 11.6 Å². The van der Waals surface area contributed by atoms with E-state index in [1.807, 2.05) is 0 Å². The number of nitrogen functional groups attached to an aromatic ring is 1. The van der Waals surface area contributed by atoms with Gasteiger partial charge in [0.25, 0.3) is 11.6 Å². The predicted octanol–water partition coefficient (Wildman–Crippen LogP) is 2.48. The molecule has 0 saturated carbocycles. The third kappa shape index (κ3) is 3.01. The fourth-order valence-corrected chi connectivity index (χ4v) is 1.71. The first kappa shape index (κ1) is 13.8. The third-order valence-corrected chi connectivity index (χ3v) is 2.74. The molecule has 0 aliphatic heterocycles. The Balaban J connectivity index is 2.25. The van der Waals surface area contributed by atoms with E-state index in [-0.39, 0.29) is 27.8 Å². The van der Waals surface area contributed by atoms with Crippen molar-refractivity contribution in [3.63, 3.8) is 0 Å². The van der Waals surface area contributed by atoms with Gasteiger partial charge in [-0.1, -0.05) is 17.7 Å². The van der Waals surface area contributed by atoms with Crippen LogP contribution < -0.4 is 11.1 Å². The summed E-state index contributed by atoms with van der Waals surface area (Å²) in [6, 6.07) is 6.90. The van der Waals surface area contributed by atoms with Crippen molar-refractivity contribution in [2.24, 2.45) is 0 Å². The molecule has 0 atom stereocenters. The third-order valence-electron chi connectivity index (χ3n) is 2.44. The first-order valence-electron chi connectivity index (χ1n) is 5.44. The number of hydrogen-bond acceptors (Lipinski definition) is 5. The van der Waals surface area contributed by atoms with Crippen LogP contribution in [0.3, 0.4) is 0 Å². The summed E-state index contributed by atoms with van der Waals surface area (Å²) in [5.41, 5.74) is 5.79. The van der Waals surface area contributed by atoms with Crippen LogP contribution in [-0.4, -0.2) is 15.8 Å². The molecule has 0 aliphatic rings. The van der Waals surface area contributed by atoms with Crippen molar-refractivity contribution in [1.29, 1.82) is 0 Å². The summed E-state index contributed by atoms with van der Waals surface area (Å²) in [5, 5.41) is 13.3. The highest BCUT2D eigenvalue weighted by molar-refractivity contribution is 6.34. The van der Waals surface area contributed by atoms with Crippen molar-refractivity contribution in [2.45, 2.75) is 0 Å². The molecule has 1 heterocycles. The summed E-state index contributed by atoms with van der Waals surface area (Å²) >= 11 is 5.85. The molecular formula is C12H9ClN4O3. The number of carbonyl (C=O) groups is 1. The summed E-state index contributed by atoms with van der Waals surface area (Å²) < 4.78 is 0. The summed E-state index contributed by atoms with van der Waals surface area (Å²) in [7, 11) is 0. The Morgan fingerprint density at radius 3 is 2.85 bits per heavy atom. The Labute approximate surface area is 118 Å². The number of non-ortho nitro benzene ring substituents is 1. The number of anilines is 2. The van der Waals surface area contributed by atoms with Crippen LogP contribution in [-0.2, 0) is 0 Å². The van der Waals surface area contributed by atoms with Gasteiger partial charge in [0.15, 0.2) is 0 Å². The Morgan fingerprint density at radius 1 is 1.40 bits per heavy atom. The maximum Gasteiger partial charge on any atom is 0.271 e. The van der Waals surface area contributed by atoms with Crippen LogP contribution in [0.25, 0.3) is 0 Å². The van der Waals surface area contributed by atoms with Gasteiger partial charge in [0.05, 0.1) is 15.5 Å². The van der Waals surface area contributed by atoms with E-state index >= 15 is 0 Å². The number of rotatable bonds is 3. The summed E-state index contributed by atoms with van der Waals surface area (Å²) in [6.45, 7) is 0. The molecule has 20 heavy (non-hydrogen) atoms. The van der Waals surface area contributed by atoms with Crippen LogP contribution in [0.2, 0.25) is 5.02 Å². The molecule has 0 fully saturated rings. The molecule has 0 bridgehead atoms. The average Bonchev–Trinajstić information content (AvgIpc) is 2.41. The lowest BCUT2D eigenvalue weighted by atomic mass is 10.2. The fourth-order valence-electron chi connectivity index (χ4n) is 1.52. The van der Waals surface area contributed by atoms with Gasteiger partial charge in [-0.3, -0.25) is 14.9 Å². The van der Waals surface area contributed by atoms with Gasteiger partial charge in [-0.05, 0) is 12.1 Å². The standard InChI is InChI=1S/C12H9ClN4O3/c13-10-6-15-11(14)5-9(10)12(18)16-7-2-1-3-8(4-7)17(19)20/h1-6H,(H2,14,15)(H,16,18). The number of aromatic nitrogens is 1. The topological polar surface area (TPSA) is 111 Å². The van der Waals surface area contributed by atoms with E-state index in [0.717, 1.165) is 0 Å². The molecule has 0 spiro atoms. The summed E-state index contributed by atoms with van der Waals surface area (Å²) in [4.78, 5) is 25.9. The van der Waals surface area contributed by atoms with Crippen molar-refractivity contribution in [2.75, 3.05) is 11.1 Å². The maximum atomic E-state index is 12.0. The average molecular weight is 293 g/mol. The number of nitrogens with one attached hydrogen (secondary N) is 1. The van der Waals surface area contributed by atoms with E-state index in [1.54, 1.807) is 0 Å². The molecular weight excluding hydrogens is 284 g/mol. The van der Waals surface area contributed by atoms with Crippen molar-refractivity contribution in [3.8, 4) is 0 Å². The molecule has 2 rings (SSSR count). The molecule has 0 saturated heterocycles. The number of nitrogens with two attached hydrogens (primary N) is 1. The Morgan fingerprint density at radius 2 is 2.15 bits per heavy atom. The number of nitro groups is 1. The highest BCUT2D eigenvalue weighted by Crippen LogP contribution is 2.21. The SMILES string of the molecule is Nc1cc(C(=O)Nc2cccc([N+](=O)[O-])c2)c(Cl)cn1. The molecule has 102 valence electrons. The molecule has 1 amide bonds. The van der Waals surface area contributed by atoms with Crippen molar-refractivity contribution >= 4 is 34.7 Å². The van der Waals surface area contributed by atoms with E-state index in [9.17, 15) is 14.9 Å². The lowest BCUT2D eigenvalue weighted by molar-refractivity contribution is -0.384. The first-order chi connectivity index (χ1) is 9.47. The largest absolute Gasteiger partial charge is 0.384 e. The lowest BCUT2D eigenvalue weighted by Crippen LogP contribution is -2.13. The molecule has 0 aliphatic carbocycles. The fraction of sp³-hybridized carbons (Fsp3) is 0. The Hall–Kier alpha value is -2.67. The second-order valence-electron chi connectivity index (χ2n) is 3.85. The minimum atomic E-state index is -0.549. The van der Waals surface area contributed by atoms with E-state index in [0.29, 0.717) is 0 Å². The van der Waals surface area contributed by atoms with Gasteiger partial charge in [-0.2, -0.15) is 0 Å². The number of halogens is 1. The Bertz CT molecular complexity index is 690. The van der Waals surface area contributed by atoms with Gasteiger partial charge in [-0.15, -0.1) is 0 Å². The van der Waals surface area contributed by atoms with Crippen molar-refractivity contribution in [3.05, 3.63) is 57.2 Å². The van der Waals surface area contributed by atoms with Crippen molar-refractivity contribution in [1.82, 2.24) is 4.98 Å². The van der Waals surface area contributed by atoms with E-state index in [4.69, 9.17) is 17.3 Å². The van der Waals surface area contributed by atoms with Crippen LogP contribution in [0.5, 0.6) is 0 Å². The van der Waals surface area contributed by atoms with Crippen molar-refractivity contribution < 1.29 is 9.72 Å². The second-order valence-corrected chi connectivity index (χ2v) is 4.26. The monoisotopic (exact) mass is 292 g/mol. The van der Waals surface area contributed by atoms with Gasteiger partial charge in [-0.25, -0.2) is 4.98 Å². The molecule has 0 radical (unpaired) electrons. The quantitative estimate of drug-likeness (QED) is 0.667. The minimum absolute atomic E-state index is 0.122. The number of nitro benzene ring substituents is 1. The first-order valence-corrected chi connectivity index (χ1v) is 5.82. The zero-order chi connectivity index (χ0) is 14.7. The highest BCUT2D eigenvalue weighted by Gasteiger charge is 2.13. The second kappa shape index (κ2) is 5.54. The zero-order valence-electron chi connectivity index (χ0n) is 10.0. The van der Waals surface area contributed by atoms with Crippen LogP contribution in [0, 0.1) is 10.1 Å². The number of pyridine rings is 1. The number of benzene rings is 1. The van der Waals surface area contributed by atoms with Gasteiger partial charge >= 0.3 is 0 Å². The number of amides is 1. The lowest BCUT2D eigenvalue weighted by Gasteiger charge is -2.07. The molecule has 0 unspecified atom stereocenters. The highest BCUT2D eigenvalue weighted by atomic mass is 35.5. The van der Waals surface area contributed by atoms with Crippen LogP contribution in [0.1, 0.15) is 10.4 Å². The minimum Gasteiger partial charge on any atom is -0.384 e. The summed E-state index contributed by atoms with van der Waals surface area (Å²) in [5.74, 6) is -0.372. The molecule has 1 aromatic carbocycles. The zero-order valence-corrected chi connectivity index (χ0v) is 10.8. The van der Waals surface area contributed by atoms with E-state index in [2.05, 4.69) is 10.3 Å². The van der Waals surface area contributed by atoms with Gasteiger partial charge in [0, 0.05) is 24.0 Å². The molecule has 1 aromatic heterocycles. The van der Waals surface area contributed by atoms with Gasteiger partial charge < -0.3 is 11.1 Å². The molecule has 3 N–H and O–H groups in total. The van der Waals surface area contributed by atoms with E-state index in [1.165, 1.54) is 36.5 Å². The normalized spacial score (nSPS) is 10.1. The van der Waals surface area contributed by atoms with Gasteiger partial charge in [0.2, 0.25) is 0 Å². The number of nitrogens with zero attached hydrogens (tertiary/aromatic N) is 2. The molecule has 7 nitrogen and oxygen atoms in total. The predicted molar refractivity (Wildman–Crippen MR) is 74.7 cm³/mol. The number of hydrogen-bond donors (Lipinski definition) is 2. The maximum absolute atomic E-state index is 12.0. The summed E-state index contributed by atoms with van der Waals surface area (Å²) in [6.07, 6.45) is 1.26. The van der Waals surface area contributed by atoms with Crippen LogP contribution in [0.15, 0.2) is 36.5 Å². The van der Waals surface area contributed by atoms with Crippen LogP contribution in [0.4, 0.5) is 17.2 Å². The number of carbonyl (C=O) groups excluding carboxylic acids is 1. The van der Waals surface area contributed by atoms with E-state index < -0.39 is 10.8 Å².